The number of nitrogen functional groups attached to an aromatic ring is 1. The van der Waals surface area contributed by atoms with Crippen LogP contribution in [0.2, 0.25) is 0 Å². The summed E-state index contributed by atoms with van der Waals surface area (Å²) in [7, 11) is 0. The Morgan fingerprint density at radius 2 is 2.25 bits per heavy atom. The highest BCUT2D eigenvalue weighted by molar-refractivity contribution is 5.89. The second kappa shape index (κ2) is 6.77. The molecule has 3 aromatic rings. The van der Waals surface area contributed by atoms with Crippen molar-refractivity contribution in [3.05, 3.63) is 30.6 Å². The molecule has 4 N–H and O–H groups in total. The maximum absolute atomic E-state index is 5.86. The summed E-state index contributed by atoms with van der Waals surface area (Å²) in [5.41, 5.74) is 6.36. The van der Waals surface area contributed by atoms with Crippen molar-refractivity contribution in [1.29, 1.82) is 0 Å². The number of aromatic nitrogens is 6. The summed E-state index contributed by atoms with van der Waals surface area (Å²) in [5.74, 6) is 1.79. The number of aromatic amines is 1. The van der Waals surface area contributed by atoms with Crippen molar-refractivity contribution in [2.45, 2.75) is 45.1 Å². The number of rotatable bonds is 7. The lowest BCUT2D eigenvalue weighted by molar-refractivity contribution is 0.440. The van der Waals surface area contributed by atoms with Crippen LogP contribution < -0.4 is 11.1 Å². The fourth-order valence-electron chi connectivity index (χ4n) is 2.83. The van der Waals surface area contributed by atoms with E-state index in [1.165, 1.54) is 6.33 Å². The summed E-state index contributed by atoms with van der Waals surface area (Å²) in [6.07, 6.45) is 8.84. The Bertz CT molecular complexity index is 807. The van der Waals surface area contributed by atoms with Gasteiger partial charge in [0.05, 0.1) is 11.7 Å². The van der Waals surface area contributed by atoms with Crippen LogP contribution in [0.4, 0.5) is 11.8 Å². The maximum atomic E-state index is 5.86. The third kappa shape index (κ3) is 3.58. The van der Waals surface area contributed by atoms with Gasteiger partial charge in [0, 0.05) is 25.0 Å². The normalized spacial score (nSPS) is 13.8. The molecule has 0 aliphatic carbocycles. The molecule has 0 aromatic carbocycles. The van der Waals surface area contributed by atoms with E-state index in [0.29, 0.717) is 6.42 Å². The van der Waals surface area contributed by atoms with Crippen molar-refractivity contribution < 1.29 is 1.43 Å². The molecule has 0 saturated carbocycles. The zero-order valence-corrected chi connectivity index (χ0v) is 14.0. The van der Waals surface area contributed by atoms with Crippen LogP contribution in [0.15, 0.2) is 24.8 Å². The molecule has 0 amide bonds. The molecule has 3 heterocycles. The first kappa shape index (κ1) is 16.1. The molecule has 0 unspecified atom stereocenters. The lowest BCUT2D eigenvalue weighted by Crippen LogP contribution is -2.38. The third-order valence-electron chi connectivity index (χ3n) is 4.04. The Kier molecular flexibility index (Phi) is 4.54. The molecule has 1 atom stereocenters. The second-order valence-corrected chi connectivity index (χ2v) is 6.22. The van der Waals surface area contributed by atoms with Gasteiger partial charge in [0.25, 0.3) is 0 Å². The predicted molar refractivity (Wildman–Crippen MR) is 95.5 cm³/mol. The van der Waals surface area contributed by atoms with E-state index in [1.54, 1.807) is 12.4 Å². The Balaban J connectivity index is 0.00000225. The molecule has 0 bridgehead atoms. The van der Waals surface area contributed by atoms with E-state index < -0.39 is 0 Å². The van der Waals surface area contributed by atoms with Crippen LogP contribution in [0.1, 0.15) is 40.4 Å². The summed E-state index contributed by atoms with van der Waals surface area (Å²) in [6.45, 7) is 4.34. The fourth-order valence-corrected chi connectivity index (χ4v) is 2.83. The Labute approximate surface area is 141 Å². The van der Waals surface area contributed by atoms with E-state index in [9.17, 15) is 0 Å². The minimum atomic E-state index is -0.230. The van der Waals surface area contributed by atoms with Crippen LogP contribution >= 0.6 is 0 Å². The third-order valence-corrected chi connectivity index (χ3v) is 4.04. The molecule has 0 aliphatic heterocycles. The number of anilines is 2. The first-order chi connectivity index (χ1) is 11.6. The van der Waals surface area contributed by atoms with Crippen LogP contribution in [0.5, 0.6) is 0 Å². The molecule has 0 spiro atoms. The zero-order valence-electron chi connectivity index (χ0n) is 14.0. The summed E-state index contributed by atoms with van der Waals surface area (Å²) in [4.78, 5) is 17.0. The Morgan fingerprint density at radius 3 is 3.00 bits per heavy atom. The summed E-state index contributed by atoms with van der Waals surface area (Å²) in [5, 5.41) is 11.3. The SMILES string of the molecule is CCCC[C@](C)(Cc1ncn[nH]1)Nc1nc(N)nc2cnccc12.[HH]. The van der Waals surface area contributed by atoms with E-state index in [0.717, 1.165) is 41.8 Å². The van der Waals surface area contributed by atoms with E-state index in [-0.39, 0.29) is 12.9 Å². The number of hydrogen-bond acceptors (Lipinski definition) is 7. The van der Waals surface area contributed by atoms with Crippen molar-refractivity contribution in [3.8, 4) is 0 Å². The van der Waals surface area contributed by atoms with Gasteiger partial charge >= 0.3 is 0 Å². The highest BCUT2D eigenvalue weighted by Crippen LogP contribution is 2.27. The number of unbranched alkanes of at least 4 members (excludes halogenated alkanes) is 1. The Morgan fingerprint density at radius 1 is 1.38 bits per heavy atom. The van der Waals surface area contributed by atoms with Crippen LogP contribution in [-0.2, 0) is 6.42 Å². The quantitative estimate of drug-likeness (QED) is 0.610. The van der Waals surface area contributed by atoms with Crippen LogP contribution in [0, 0.1) is 0 Å². The predicted octanol–water partition coefficient (Wildman–Crippen LogP) is 2.57. The zero-order chi connectivity index (χ0) is 17.0. The first-order valence-electron chi connectivity index (χ1n) is 8.09. The number of hydrogen-bond donors (Lipinski definition) is 3. The Hall–Kier alpha value is -2.77. The van der Waals surface area contributed by atoms with Crippen molar-refractivity contribution in [3.63, 3.8) is 0 Å². The average molecular weight is 328 g/mol. The molecule has 3 rings (SSSR count). The van der Waals surface area contributed by atoms with Gasteiger partial charge in [0.2, 0.25) is 5.95 Å². The van der Waals surface area contributed by atoms with Crippen LogP contribution in [0.25, 0.3) is 10.9 Å². The number of H-pyrrole nitrogens is 1. The average Bonchev–Trinajstić information content (AvgIpc) is 3.05. The fraction of sp³-hybridized carbons (Fsp3) is 0.438. The van der Waals surface area contributed by atoms with Gasteiger partial charge in [-0.15, -0.1) is 0 Å². The highest BCUT2D eigenvalue weighted by atomic mass is 15.2. The monoisotopic (exact) mass is 328 g/mol. The molecule has 24 heavy (non-hydrogen) atoms. The largest absolute Gasteiger partial charge is 0.368 e. The molecule has 8 heteroatoms. The standard InChI is InChI=1S/C16H22N8.H2/c1-3-4-6-16(2,8-13-19-10-20-24-13)23-14-11-5-7-18-9-12(11)21-15(17)22-14;/h5,7,9-10H,3-4,6,8H2,1-2H3,(H,19,20,24)(H3,17,21,22,23);1H/t16-;/m1./s1. The van der Waals surface area contributed by atoms with Crippen LogP contribution in [0.3, 0.4) is 0 Å². The topological polar surface area (TPSA) is 118 Å². The minimum Gasteiger partial charge on any atom is -0.368 e. The van der Waals surface area contributed by atoms with Gasteiger partial charge in [-0.3, -0.25) is 10.1 Å². The van der Waals surface area contributed by atoms with E-state index in [2.05, 4.69) is 49.3 Å². The second-order valence-electron chi connectivity index (χ2n) is 6.22. The molecule has 0 radical (unpaired) electrons. The van der Waals surface area contributed by atoms with Crippen LogP contribution in [-0.4, -0.2) is 35.7 Å². The minimum absolute atomic E-state index is 0. The lowest BCUT2D eigenvalue weighted by atomic mass is 9.90. The summed E-state index contributed by atoms with van der Waals surface area (Å²) < 4.78 is 0. The molecule has 128 valence electrons. The summed E-state index contributed by atoms with van der Waals surface area (Å²) >= 11 is 0. The van der Waals surface area contributed by atoms with Crippen molar-refractivity contribution in [2.24, 2.45) is 0 Å². The number of fused-ring (bicyclic) bond motifs is 1. The maximum Gasteiger partial charge on any atom is 0.222 e. The van der Waals surface area contributed by atoms with Gasteiger partial charge in [-0.1, -0.05) is 19.8 Å². The molecular formula is C16H24N8. The molecule has 0 fully saturated rings. The van der Waals surface area contributed by atoms with Gasteiger partial charge < -0.3 is 11.1 Å². The molecular weight excluding hydrogens is 304 g/mol. The van der Waals surface area contributed by atoms with Gasteiger partial charge in [-0.2, -0.15) is 10.1 Å². The number of nitrogens with two attached hydrogens (primary N) is 1. The van der Waals surface area contributed by atoms with Gasteiger partial charge in [-0.25, -0.2) is 9.97 Å². The van der Waals surface area contributed by atoms with Gasteiger partial charge in [-0.05, 0) is 19.4 Å². The van der Waals surface area contributed by atoms with E-state index in [1.807, 2.05) is 6.07 Å². The van der Waals surface area contributed by atoms with Crippen molar-refractivity contribution in [2.75, 3.05) is 11.1 Å². The van der Waals surface area contributed by atoms with Crippen molar-refractivity contribution >= 4 is 22.7 Å². The first-order valence-corrected chi connectivity index (χ1v) is 8.09. The number of pyridine rings is 1. The highest BCUT2D eigenvalue weighted by Gasteiger charge is 2.27. The molecule has 8 nitrogen and oxygen atoms in total. The molecule has 0 aliphatic rings. The van der Waals surface area contributed by atoms with Gasteiger partial charge in [0.1, 0.15) is 18.0 Å². The van der Waals surface area contributed by atoms with Crippen molar-refractivity contribution in [1.82, 2.24) is 30.1 Å². The van der Waals surface area contributed by atoms with Gasteiger partial charge in [0.15, 0.2) is 0 Å². The summed E-state index contributed by atoms with van der Waals surface area (Å²) in [6, 6.07) is 1.89. The molecule has 0 saturated heterocycles. The van der Waals surface area contributed by atoms with E-state index >= 15 is 0 Å². The number of nitrogens with zero attached hydrogens (tertiary/aromatic N) is 5. The lowest BCUT2D eigenvalue weighted by Gasteiger charge is -2.31. The van der Waals surface area contributed by atoms with E-state index in [4.69, 9.17) is 5.73 Å². The number of nitrogens with one attached hydrogen (secondary N) is 2. The molecule has 3 aromatic heterocycles. The smallest absolute Gasteiger partial charge is 0.222 e.